The van der Waals surface area contributed by atoms with E-state index < -0.39 is 17.2 Å². The Morgan fingerprint density at radius 2 is 1.00 bits per heavy atom. The number of hydrogen-bond donors (Lipinski definition) is 0. The normalized spacial score (nSPS) is 12.8. The molecular formula is C25H50N2O3Si2. The Kier molecular flexibility index (Phi) is 14.9. The third-order valence-corrected chi connectivity index (χ3v) is 15.5. The van der Waals surface area contributed by atoms with Crippen LogP contribution in [0.25, 0.3) is 0 Å². The number of hydrogen-bond acceptors (Lipinski definition) is 5. The Bertz CT molecular complexity index is 560. The van der Waals surface area contributed by atoms with Gasteiger partial charge in [-0.05, 0) is 43.8 Å². The average molecular weight is 483 g/mol. The summed E-state index contributed by atoms with van der Waals surface area (Å²) >= 11 is 0. The van der Waals surface area contributed by atoms with E-state index in [-0.39, 0.29) is 0 Å². The first-order valence-corrected chi connectivity index (χ1v) is 16.8. The van der Waals surface area contributed by atoms with Crippen molar-refractivity contribution in [2.24, 2.45) is 0 Å². The SMILES string of the molecule is CCN(CC)[Si](CCCCCCCC[Si](OC)(OC)OC)(c1ccccc1)N(CC)CC. The molecule has 0 unspecified atom stereocenters. The van der Waals surface area contributed by atoms with E-state index in [1.54, 1.807) is 26.5 Å². The van der Waals surface area contributed by atoms with Crippen LogP contribution in [0.1, 0.15) is 66.2 Å². The summed E-state index contributed by atoms with van der Waals surface area (Å²) in [5.74, 6) is 0. The Labute approximate surface area is 201 Å². The van der Waals surface area contributed by atoms with Gasteiger partial charge in [-0.2, -0.15) is 0 Å². The molecule has 32 heavy (non-hydrogen) atoms. The zero-order chi connectivity index (χ0) is 23.9. The highest BCUT2D eigenvalue weighted by Crippen LogP contribution is 2.25. The summed E-state index contributed by atoms with van der Waals surface area (Å²) in [6, 6.07) is 13.6. The summed E-state index contributed by atoms with van der Waals surface area (Å²) in [6.07, 6.45) is 7.53. The maximum Gasteiger partial charge on any atom is 0.500 e. The molecule has 1 aromatic rings. The van der Waals surface area contributed by atoms with Gasteiger partial charge in [0.1, 0.15) is 0 Å². The van der Waals surface area contributed by atoms with Crippen LogP contribution in [0.15, 0.2) is 30.3 Å². The molecule has 0 aromatic heterocycles. The number of nitrogens with zero attached hydrogens (tertiary/aromatic N) is 2. The molecule has 1 aromatic carbocycles. The molecule has 0 atom stereocenters. The minimum atomic E-state index is -2.40. The van der Waals surface area contributed by atoms with E-state index in [4.69, 9.17) is 13.3 Å². The van der Waals surface area contributed by atoms with Crippen LogP contribution in [0.3, 0.4) is 0 Å². The molecule has 0 radical (unpaired) electrons. The molecule has 0 fully saturated rings. The quantitative estimate of drug-likeness (QED) is 0.199. The largest absolute Gasteiger partial charge is 0.500 e. The fraction of sp³-hybridized carbons (Fsp3) is 0.760. The van der Waals surface area contributed by atoms with E-state index in [0.717, 1.165) is 38.6 Å². The average Bonchev–Trinajstić information content (AvgIpc) is 2.85. The number of benzene rings is 1. The molecule has 1 rings (SSSR count). The van der Waals surface area contributed by atoms with Crippen molar-refractivity contribution in [2.75, 3.05) is 47.5 Å². The van der Waals surface area contributed by atoms with Gasteiger partial charge in [-0.15, -0.1) is 0 Å². The first kappa shape index (κ1) is 29.5. The van der Waals surface area contributed by atoms with E-state index >= 15 is 0 Å². The van der Waals surface area contributed by atoms with Crippen LogP contribution < -0.4 is 5.19 Å². The van der Waals surface area contributed by atoms with Crippen molar-refractivity contribution in [3.8, 4) is 0 Å². The Morgan fingerprint density at radius 1 is 0.594 bits per heavy atom. The molecular weight excluding hydrogens is 432 g/mol. The van der Waals surface area contributed by atoms with Crippen molar-refractivity contribution in [1.29, 1.82) is 0 Å². The fourth-order valence-electron chi connectivity index (χ4n) is 5.20. The lowest BCUT2D eigenvalue weighted by Crippen LogP contribution is -2.72. The summed E-state index contributed by atoms with van der Waals surface area (Å²) in [5.41, 5.74) is 0. The van der Waals surface area contributed by atoms with Crippen LogP contribution in [-0.4, -0.2) is 73.8 Å². The molecule has 186 valence electrons. The van der Waals surface area contributed by atoms with Crippen LogP contribution in [0.5, 0.6) is 0 Å². The van der Waals surface area contributed by atoms with Crippen molar-refractivity contribution in [3.05, 3.63) is 30.3 Å². The molecule has 0 aliphatic carbocycles. The highest BCUT2D eigenvalue weighted by atomic mass is 28.4. The maximum atomic E-state index is 5.54. The van der Waals surface area contributed by atoms with Gasteiger partial charge in [-0.25, -0.2) is 0 Å². The second kappa shape index (κ2) is 16.1. The van der Waals surface area contributed by atoms with E-state index in [0.29, 0.717) is 0 Å². The lowest BCUT2D eigenvalue weighted by molar-refractivity contribution is 0.122. The van der Waals surface area contributed by atoms with Gasteiger partial charge in [0, 0.05) is 27.4 Å². The third kappa shape index (κ3) is 7.75. The highest BCUT2D eigenvalue weighted by molar-refractivity contribution is 6.87. The van der Waals surface area contributed by atoms with Gasteiger partial charge in [0.05, 0.1) is 0 Å². The molecule has 0 heterocycles. The highest BCUT2D eigenvalue weighted by Gasteiger charge is 2.44. The van der Waals surface area contributed by atoms with Gasteiger partial charge in [0.2, 0.25) is 8.40 Å². The van der Waals surface area contributed by atoms with Crippen molar-refractivity contribution in [2.45, 2.75) is 78.3 Å². The molecule has 5 nitrogen and oxygen atoms in total. The lowest BCUT2D eigenvalue weighted by Gasteiger charge is -2.48. The van der Waals surface area contributed by atoms with Crippen LogP contribution in [-0.2, 0) is 13.3 Å². The molecule has 7 heteroatoms. The third-order valence-electron chi connectivity index (χ3n) is 7.00. The van der Waals surface area contributed by atoms with Crippen LogP contribution in [0.4, 0.5) is 0 Å². The molecule has 0 amide bonds. The van der Waals surface area contributed by atoms with Crippen molar-refractivity contribution in [3.63, 3.8) is 0 Å². The maximum absolute atomic E-state index is 5.54. The van der Waals surface area contributed by atoms with Gasteiger partial charge in [-0.1, -0.05) is 90.1 Å². The van der Waals surface area contributed by atoms with E-state index in [9.17, 15) is 0 Å². The molecule has 0 N–H and O–H groups in total. The summed E-state index contributed by atoms with van der Waals surface area (Å²) in [6.45, 7) is 13.8. The van der Waals surface area contributed by atoms with E-state index in [1.165, 1.54) is 38.1 Å². The van der Waals surface area contributed by atoms with Crippen molar-refractivity contribution in [1.82, 2.24) is 9.13 Å². The van der Waals surface area contributed by atoms with Gasteiger partial charge in [0.15, 0.2) is 0 Å². The zero-order valence-corrected chi connectivity index (χ0v) is 24.0. The smallest absolute Gasteiger partial charge is 0.377 e. The first-order valence-electron chi connectivity index (χ1n) is 12.7. The zero-order valence-electron chi connectivity index (χ0n) is 22.0. The second-order valence-corrected chi connectivity index (χ2v) is 15.5. The minimum Gasteiger partial charge on any atom is -0.377 e. The van der Waals surface area contributed by atoms with Gasteiger partial charge >= 0.3 is 8.80 Å². The topological polar surface area (TPSA) is 34.2 Å². The summed E-state index contributed by atoms with van der Waals surface area (Å²) in [7, 11) is 0.781. The van der Waals surface area contributed by atoms with Crippen molar-refractivity contribution >= 4 is 22.4 Å². The fourth-order valence-corrected chi connectivity index (χ4v) is 12.6. The Hall–Kier alpha value is -0.546. The number of unbranched alkanes of at least 4 members (excludes halogenated alkanes) is 5. The van der Waals surface area contributed by atoms with E-state index in [2.05, 4.69) is 67.2 Å². The van der Waals surface area contributed by atoms with Gasteiger partial charge in [0.25, 0.3) is 0 Å². The molecule has 0 bridgehead atoms. The lowest BCUT2D eigenvalue weighted by atomic mass is 10.1. The molecule has 0 aliphatic rings. The molecule has 0 saturated heterocycles. The van der Waals surface area contributed by atoms with Crippen LogP contribution >= 0.6 is 0 Å². The number of rotatable bonds is 19. The van der Waals surface area contributed by atoms with Crippen molar-refractivity contribution < 1.29 is 13.3 Å². The van der Waals surface area contributed by atoms with Crippen LogP contribution in [0.2, 0.25) is 12.1 Å². The summed E-state index contributed by atoms with van der Waals surface area (Å²) in [4.78, 5) is 0. The predicted molar refractivity (Wildman–Crippen MR) is 142 cm³/mol. The van der Waals surface area contributed by atoms with Crippen LogP contribution in [0, 0.1) is 0 Å². The minimum absolute atomic E-state index is 0.907. The standard InChI is InChI=1S/C25H50N2O3Si2/c1-8-26(9-2)31(27(10-3)11-4,25-21-17-16-18-22-25)23-19-14-12-13-15-20-24-32(28-5,29-6)30-7/h16-18,21-22H,8-15,19-20,23-24H2,1-7H3. The molecule has 0 aliphatic heterocycles. The molecule has 0 spiro atoms. The Balaban J connectivity index is 2.72. The van der Waals surface area contributed by atoms with E-state index in [1.807, 2.05) is 0 Å². The summed E-state index contributed by atoms with van der Waals surface area (Å²) < 4.78 is 22.2. The molecule has 0 saturated carbocycles. The summed E-state index contributed by atoms with van der Waals surface area (Å²) in [5, 5.41) is 1.58. The first-order chi connectivity index (χ1) is 15.5. The van der Waals surface area contributed by atoms with Gasteiger partial charge in [-0.3, -0.25) is 0 Å². The predicted octanol–water partition coefficient (Wildman–Crippen LogP) is 5.24. The second-order valence-electron chi connectivity index (χ2n) is 8.44. The Morgan fingerprint density at radius 3 is 1.41 bits per heavy atom. The monoisotopic (exact) mass is 482 g/mol. The van der Waals surface area contributed by atoms with Gasteiger partial charge < -0.3 is 22.4 Å².